The van der Waals surface area contributed by atoms with Gasteiger partial charge in [-0.05, 0) is 19.3 Å². The molecule has 9 nitrogen and oxygen atoms in total. The van der Waals surface area contributed by atoms with Gasteiger partial charge in [0.1, 0.15) is 6.29 Å². The number of anilines is 1. The molecule has 0 saturated heterocycles. The maximum atomic E-state index is 11.9. The fraction of sp³-hybridized carbons (Fsp3) is 0.333. The molecule has 0 radical (unpaired) electrons. The van der Waals surface area contributed by atoms with Crippen molar-refractivity contribution in [1.29, 1.82) is 0 Å². The van der Waals surface area contributed by atoms with Gasteiger partial charge in [-0.3, -0.25) is 14.6 Å². The summed E-state index contributed by atoms with van der Waals surface area (Å²) in [4.78, 5) is 50.2. The van der Waals surface area contributed by atoms with Gasteiger partial charge in [-0.25, -0.2) is 9.97 Å². The summed E-state index contributed by atoms with van der Waals surface area (Å²) in [6, 6.07) is 0. The topological polar surface area (TPSA) is 135 Å². The van der Waals surface area contributed by atoms with E-state index in [0.717, 1.165) is 12.0 Å². The highest BCUT2D eigenvalue weighted by atomic mass is 16.1. The molecule has 2 aromatic heterocycles. The number of rotatable bonds is 5. The lowest BCUT2D eigenvalue weighted by Gasteiger charge is -2.25. The van der Waals surface area contributed by atoms with E-state index in [-0.39, 0.29) is 29.6 Å². The summed E-state index contributed by atoms with van der Waals surface area (Å²) >= 11 is 0. The summed E-state index contributed by atoms with van der Waals surface area (Å²) < 4.78 is 0. The van der Waals surface area contributed by atoms with Crippen LogP contribution in [0.5, 0.6) is 0 Å². The van der Waals surface area contributed by atoms with E-state index in [1.165, 1.54) is 11.1 Å². The molecular formula is C15H16N6O3. The Morgan fingerprint density at radius 3 is 2.88 bits per heavy atom. The van der Waals surface area contributed by atoms with Crippen LogP contribution < -0.4 is 11.3 Å². The maximum Gasteiger partial charge on any atom is 0.280 e. The van der Waals surface area contributed by atoms with Crippen molar-refractivity contribution in [3.8, 4) is 0 Å². The number of carbonyl (C=O) groups excluding carboxylic acids is 2. The van der Waals surface area contributed by atoms with Gasteiger partial charge >= 0.3 is 0 Å². The van der Waals surface area contributed by atoms with Crippen molar-refractivity contribution in [2.75, 3.05) is 5.73 Å². The molecule has 0 aliphatic heterocycles. The molecule has 1 aliphatic carbocycles. The second-order valence-electron chi connectivity index (χ2n) is 5.58. The first-order valence-electron chi connectivity index (χ1n) is 7.48. The van der Waals surface area contributed by atoms with E-state index >= 15 is 0 Å². The molecule has 3 N–H and O–H groups in total. The molecule has 0 saturated carbocycles. The van der Waals surface area contributed by atoms with Crippen LogP contribution in [0.1, 0.15) is 25.0 Å². The minimum Gasteiger partial charge on any atom is -0.369 e. The van der Waals surface area contributed by atoms with Gasteiger partial charge in [-0.1, -0.05) is 6.08 Å². The molecule has 0 spiro atoms. The SMILES string of the molecule is Nc1nc2ncc(CN(C=O)C3=CCC(C=O)CC3)nc2c(=O)[nH]1. The van der Waals surface area contributed by atoms with Crippen molar-refractivity contribution in [1.82, 2.24) is 24.8 Å². The molecular weight excluding hydrogens is 312 g/mol. The number of carbonyl (C=O) groups is 2. The van der Waals surface area contributed by atoms with Gasteiger partial charge in [0, 0.05) is 11.6 Å². The number of nitrogens with two attached hydrogens (primary N) is 1. The Kier molecular flexibility index (Phi) is 4.32. The summed E-state index contributed by atoms with van der Waals surface area (Å²) in [6.45, 7) is 0.188. The monoisotopic (exact) mass is 328 g/mol. The van der Waals surface area contributed by atoms with Gasteiger partial charge in [0.2, 0.25) is 12.4 Å². The van der Waals surface area contributed by atoms with Crippen molar-refractivity contribution in [3.05, 3.63) is 34.0 Å². The van der Waals surface area contributed by atoms with Gasteiger partial charge in [0.05, 0.1) is 18.4 Å². The zero-order valence-corrected chi connectivity index (χ0v) is 12.8. The van der Waals surface area contributed by atoms with E-state index in [9.17, 15) is 14.4 Å². The molecule has 1 atom stereocenters. The van der Waals surface area contributed by atoms with E-state index in [2.05, 4.69) is 19.9 Å². The molecule has 3 rings (SSSR count). The minimum absolute atomic E-state index is 0.0119. The van der Waals surface area contributed by atoms with Gasteiger partial charge in [-0.2, -0.15) is 4.98 Å². The predicted molar refractivity (Wildman–Crippen MR) is 85.5 cm³/mol. The Labute approximate surface area is 136 Å². The van der Waals surface area contributed by atoms with Crippen LogP contribution in [0.3, 0.4) is 0 Å². The molecule has 1 amide bonds. The quantitative estimate of drug-likeness (QED) is 0.745. The number of fused-ring (bicyclic) bond motifs is 1. The molecule has 124 valence electrons. The van der Waals surface area contributed by atoms with Crippen LogP contribution in [0.4, 0.5) is 5.95 Å². The lowest BCUT2D eigenvalue weighted by Crippen LogP contribution is -2.25. The first-order chi connectivity index (χ1) is 11.6. The van der Waals surface area contributed by atoms with Gasteiger partial charge in [-0.15, -0.1) is 0 Å². The average Bonchev–Trinajstić information content (AvgIpc) is 2.60. The fourth-order valence-corrected chi connectivity index (χ4v) is 2.65. The average molecular weight is 328 g/mol. The lowest BCUT2D eigenvalue weighted by molar-refractivity contribution is -0.117. The van der Waals surface area contributed by atoms with E-state index in [1.807, 2.05) is 6.08 Å². The summed E-state index contributed by atoms with van der Waals surface area (Å²) in [6.07, 6.45) is 6.98. The molecule has 0 aromatic carbocycles. The van der Waals surface area contributed by atoms with Crippen LogP contribution >= 0.6 is 0 Å². The van der Waals surface area contributed by atoms with Crippen molar-refractivity contribution in [2.24, 2.45) is 5.92 Å². The van der Waals surface area contributed by atoms with E-state index < -0.39 is 5.56 Å². The molecule has 9 heteroatoms. The second kappa shape index (κ2) is 6.57. The second-order valence-corrected chi connectivity index (χ2v) is 5.58. The minimum atomic E-state index is -0.477. The normalized spacial score (nSPS) is 17.3. The van der Waals surface area contributed by atoms with Crippen LogP contribution in [-0.2, 0) is 16.1 Å². The highest BCUT2D eigenvalue weighted by Crippen LogP contribution is 2.24. The Bertz CT molecular complexity index is 875. The summed E-state index contributed by atoms with van der Waals surface area (Å²) in [5, 5.41) is 0. The molecule has 24 heavy (non-hydrogen) atoms. The first kappa shape index (κ1) is 15.8. The number of aromatic amines is 1. The van der Waals surface area contributed by atoms with Gasteiger partial charge in [0.15, 0.2) is 11.2 Å². The summed E-state index contributed by atoms with van der Waals surface area (Å²) in [5.41, 5.74) is 6.52. The molecule has 0 bridgehead atoms. The Balaban J connectivity index is 1.85. The number of aromatic nitrogens is 4. The number of hydrogen-bond donors (Lipinski definition) is 2. The standard InChI is InChI=1S/C15H16N6O3/c16-15-19-13-12(14(24)20-15)18-10(5-17-13)6-21(8-23)11-3-1-9(7-22)2-4-11/h3,5,7-9H,1-2,4,6H2,(H3,16,17,19,20,24). The summed E-state index contributed by atoms with van der Waals surface area (Å²) in [7, 11) is 0. The van der Waals surface area contributed by atoms with Crippen LogP contribution in [0.15, 0.2) is 22.8 Å². The van der Waals surface area contributed by atoms with Crippen LogP contribution in [0.25, 0.3) is 11.2 Å². The zero-order chi connectivity index (χ0) is 17.1. The molecule has 1 aliphatic rings. The largest absolute Gasteiger partial charge is 0.369 e. The summed E-state index contributed by atoms with van der Waals surface area (Å²) in [5.74, 6) is -0.0148. The lowest BCUT2D eigenvalue weighted by atomic mass is 9.93. The third kappa shape index (κ3) is 3.14. The van der Waals surface area contributed by atoms with E-state index in [4.69, 9.17) is 5.73 Å². The number of H-pyrrole nitrogens is 1. The molecule has 2 heterocycles. The van der Waals surface area contributed by atoms with Crippen LogP contribution in [0.2, 0.25) is 0 Å². The van der Waals surface area contributed by atoms with Crippen molar-refractivity contribution >= 4 is 29.8 Å². The highest BCUT2D eigenvalue weighted by Gasteiger charge is 2.18. The number of aldehydes is 1. The van der Waals surface area contributed by atoms with Gasteiger partial charge in [0.25, 0.3) is 5.56 Å². The number of nitrogens with zero attached hydrogens (tertiary/aromatic N) is 4. The Morgan fingerprint density at radius 1 is 1.38 bits per heavy atom. The van der Waals surface area contributed by atoms with Gasteiger partial charge < -0.3 is 15.4 Å². The Hall–Kier alpha value is -3.10. The number of hydrogen-bond acceptors (Lipinski definition) is 7. The maximum absolute atomic E-state index is 11.9. The third-order valence-electron chi connectivity index (χ3n) is 3.93. The van der Waals surface area contributed by atoms with E-state index in [0.29, 0.717) is 31.4 Å². The molecule has 2 aromatic rings. The molecule has 0 fully saturated rings. The predicted octanol–water partition coefficient (Wildman–Crippen LogP) is 0.137. The molecule has 1 unspecified atom stereocenters. The number of nitrogen functional groups attached to an aromatic ring is 1. The highest BCUT2D eigenvalue weighted by molar-refractivity contribution is 5.69. The van der Waals surface area contributed by atoms with Crippen molar-refractivity contribution in [2.45, 2.75) is 25.8 Å². The fourth-order valence-electron chi connectivity index (χ4n) is 2.65. The van der Waals surface area contributed by atoms with Crippen molar-refractivity contribution < 1.29 is 9.59 Å². The van der Waals surface area contributed by atoms with Crippen LogP contribution in [0, 0.1) is 5.92 Å². The van der Waals surface area contributed by atoms with Crippen LogP contribution in [-0.4, -0.2) is 37.5 Å². The number of nitrogens with one attached hydrogen (secondary N) is 1. The first-order valence-corrected chi connectivity index (χ1v) is 7.48. The Morgan fingerprint density at radius 2 is 2.21 bits per heavy atom. The third-order valence-corrected chi connectivity index (χ3v) is 3.93. The number of amides is 1. The zero-order valence-electron chi connectivity index (χ0n) is 12.8. The smallest absolute Gasteiger partial charge is 0.280 e. The van der Waals surface area contributed by atoms with Crippen molar-refractivity contribution in [3.63, 3.8) is 0 Å². The number of allylic oxidation sites excluding steroid dienone is 2. The van der Waals surface area contributed by atoms with E-state index in [1.54, 1.807) is 0 Å².